The Kier molecular flexibility index (Phi) is 8.57. The summed E-state index contributed by atoms with van der Waals surface area (Å²) in [6, 6.07) is 6.46. The first-order valence-electron chi connectivity index (χ1n) is 9.87. The zero-order valence-electron chi connectivity index (χ0n) is 16.6. The standard InChI is InChI=1S/C20H29N5.C2H2/c1-3-4-14-25(2)20-22-15-17(18-12-8-9-13-21-18)19(24-20)23-16-10-6-5-7-11-16;1-2/h8-9,12-13,15-16H,3-7,10-11,14H2,1-2H3,(H,22,23,24);1-2H. The van der Waals surface area contributed by atoms with Crippen LogP contribution in [0.15, 0.2) is 30.6 Å². The van der Waals surface area contributed by atoms with Crippen LogP contribution in [0.1, 0.15) is 51.9 Å². The quantitative estimate of drug-likeness (QED) is 0.716. The fourth-order valence-electron chi connectivity index (χ4n) is 3.31. The van der Waals surface area contributed by atoms with E-state index in [0.29, 0.717) is 6.04 Å². The Hall–Kier alpha value is -2.61. The Morgan fingerprint density at radius 3 is 2.59 bits per heavy atom. The SMILES string of the molecule is C#C.CCCCN(C)c1ncc(-c2ccccn2)c(NC2CCCCC2)n1. The summed E-state index contributed by atoms with van der Waals surface area (Å²) in [6.45, 7) is 3.18. The molecule has 1 N–H and O–H groups in total. The van der Waals surface area contributed by atoms with Crippen LogP contribution in [0.3, 0.4) is 0 Å². The zero-order valence-corrected chi connectivity index (χ0v) is 16.6. The molecule has 0 aliphatic heterocycles. The number of pyridine rings is 1. The number of anilines is 2. The van der Waals surface area contributed by atoms with Gasteiger partial charge >= 0.3 is 0 Å². The van der Waals surface area contributed by atoms with Crippen LogP contribution in [0.2, 0.25) is 0 Å². The van der Waals surface area contributed by atoms with Gasteiger partial charge in [-0.2, -0.15) is 4.98 Å². The number of hydrogen-bond donors (Lipinski definition) is 1. The van der Waals surface area contributed by atoms with Crippen molar-refractivity contribution in [3.8, 4) is 24.1 Å². The van der Waals surface area contributed by atoms with Gasteiger partial charge in [0.1, 0.15) is 5.82 Å². The van der Waals surface area contributed by atoms with Crippen molar-refractivity contribution in [3.05, 3.63) is 30.6 Å². The number of nitrogens with one attached hydrogen (secondary N) is 1. The van der Waals surface area contributed by atoms with Crippen molar-refractivity contribution in [2.75, 3.05) is 23.8 Å². The molecule has 1 aliphatic rings. The predicted molar refractivity (Wildman–Crippen MR) is 114 cm³/mol. The molecule has 3 rings (SSSR count). The molecule has 0 radical (unpaired) electrons. The largest absolute Gasteiger partial charge is 0.367 e. The number of unbranched alkanes of at least 4 members (excludes halogenated alkanes) is 1. The zero-order chi connectivity index (χ0) is 19.5. The average molecular weight is 366 g/mol. The van der Waals surface area contributed by atoms with E-state index in [-0.39, 0.29) is 0 Å². The van der Waals surface area contributed by atoms with Crippen molar-refractivity contribution in [3.63, 3.8) is 0 Å². The van der Waals surface area contributed by atoms with Gasteiger partial charge in [0, 0.05) is 32.0 Å². The molecular weight excluding hydrogens is 334 g/mol. The third-order valence-electron chi connectivity index (χ3n) is 4.85. The highest BCUT2D eigenvalue weighted by molar-refractivity contribution is 5.72. The van der Waals surface area contributed by atoms with Gasteiger partial charge in [-0.3, -0.25) is 4.98 Å². The number of rotatable bonds is 7. The summed E-state index contributed by atoms with van der Waals surface area (Å²) < 4.78 is 0. The minimum Gasteiger partial charge on any atom is -0.367 e. The molecule has 0 atom stereocenters. The van der Waals surface area contributed by atoms with Gasteiger partial charge in [-0.15, -0.1) is 12.8 Å². The van der Waals surface area contributed by atoms with Crippen LogP contribution in [0.25, 0.3) is 11.3 Å². The van der Waals surface area contributed by atoms with E-state index in [9.17, 15) is 0 Å². The monoisotopic (exact) mass is 365 g/mol. The minimum atomic E-state index is 0.500. The number of terminal acetylenes is 1. The second-order valence-electron chi connectivity index (χ2n) is 6.90. The lowest BCUT2D eigenvalue weighted by molar-refractivity contribution is 0.462. The lowest BCUT2D eigenvalue weighted by atomic mass is 9.95. The molecule has 1 aliphatic carbocycles. The minimum absolute atomic E-state index is 0.500. The summed E-state index contributed by atoms with van der Waals surface area (Å²) in [5.74, 6) is 1.70. The number of aromatic nitrogens is 3. The van der Waals surface area contributed by atoms with Gasteiger partial charge in [0.05, 0.1) is 11.3 Å². The summed E-state index contributed by atoms with van der Waals surface area (Å²) in [7, 11) is 2.07. The lowest BCUT2D eigenvalue weighted by Crippen LogP contribution is -2.25. The van der Waals surface area contributed by atoms with Gasteiger partial charge in [0.15, 0.2) is 0 Å². The van der Waals surface area contributed by atoms with E-state index in [4.69, 9.17) is 4.98 Å². The van der Waals surface area contributed by atoms with Crippen molar-refractivity contribution in [2.45, 2.75) is 57.9 Å². The maximum Gasteiger partial charge on any atom is 0.227 e. The molecule has 2 aromatic rings. The van der Waals surface area contributed by atoms with Crippen LogP contribution in [0, 0.1) is 12.8 Å². The Balaban J connectivity index is 0.00000126. The Morgan fingerprint density at radius 1 is 1.15 bits per heavy atom. The Labute approximate surface area is 163 Å². The summed E-state index contributed by atoms with van der Waals surface area (Å²) in [6.07, 6.45) is 20.4. The van der Waals surface area contributed by atoms with Crippen LogP contribution in [-0.4, -0.2) is 34.6 Å². The van der Waals surface area contributed by atoms with Gasteiger partial charge in [-0.05, 0) is 31.4 Å². The van der Waals surface area contributed by atoms with Gasteiger partial charge in [-0.1, -0.05) is 38.7 Å². The maximum absolute atomic E-state index is 4.86. The average Bonchev–Trinajstić information content (AvgIpc) is 2.75. The van der Waals surface area contributed by atoms with Crippen LogP contribution < -0.4 is 10.2 Å². The molecular formula is C22H31N5. The van der Waals surface area contributed by atoms with Crippen LogP contribution in [-0.2, 0) is 0 Å². The van der Waals surface area contributed by atoms with E-state index in [1.165, 1.54) is 38.5 Å². The highest BCUT2D eigenvalue weighted by Gasteiger charge is 2.18. The lowest BCUT2D eigenvalue weighted by Gasteiger charge is -2.25. The van der Waals surface area contributed by atoms with Gasteiger partial charge in [0.2, 0.25) is 5.95 Å². The molecule has 1 fully saturated rings. The van der Waals surface area contributed by atoms with Crippen molar-refractivity contribution >= 4 is 11.8 Å². The third-order valence-corrected chi connectivity index (χ3v) is 4.85. The van der Waals surface area contributed by atoms with Crippen LogP contribution >= 0.6 is 0 Å². The fourth-order valence-corrected chi connectivity index (χ4v) is 3.31. The van der Waals surface area contributed by atoms with E-state index >= 15 is 0 Å². The van der Waals surface area contributed by atoms with E-state index < -0.39 is 0 Å². The van der Waals surface area contributed by atoms with Crippen LogP contribution in [0.5, 0.6) is 0 Å². The molecule has 2 heterocycles. The second kappa shape index (κ2) is 11.2. The highest BCUT2D eigenvalue weighted by Crippen LogP contribution is 2.29. The second-order valence-corrected chi connectivity index (χ2v) is 6.90. The normalized spacial score (nSPS) is 14.1. The molecule has 5 heteroatoms. The third kappa shape index (κ3) is 5.96. The summed E-state index contributed by atoms with van der Waals surface area (Å²) >= 11 is 0. The maximum atomic E-state index is 4.86. The molecule has 1 saturated carbocycles. The van der Waals surface area contributed by atoms with E-state index in [2.05, 4.69) is 47.0 Å². The highest BCUT2D eigenvalue weighted by atomic mass is 15.2. The fraction of sp³-hybridized carbons (Fsp3) is 0.500. The van der Waals surface area contributed by atoms with Crippen molar-refractivity contribution in [1.82, 2.24) is 15.0 Å². The van der Waals surface area contributed by atoms with Crippen molar-refractivity contribution in [2.24, 2.45) is 0 Å². The van der Waals surface area contributed by atoms with E-state index in [0.717, 1.165) is 36.0 Å². The first-order valence-corrected chi connectivity index (χ1v) is 9.87. The van der Waals surface area contributed by atoms with E-state index in [1.54, 1.807) is 0 Å². The smallest absolute Gasteiger partial charge is 0.227 e. The molecule has 5 nitrogen and oxygen atoms in total. The molecule has 0 aromatic carbocycles. The van der Waals surface area contributed by atoms with Gasteiger partial charge < -0.3 is 10.2 Å². The first kappa shape index (κ1) is 20.7. The number of hydrogen-bond acceptors (Lipinski definition) is 5. The topological polar surface area (TPSA) is 53.9 Å². The molecule has 144 valence electrons. The Bertz CT molecular complexity index is 692. The summed E-state index contributed by atoms with van der Waals surface area (Å²) in [5.41, 5.74) is 1.90. The molecule has 2 aromatic heterocycles. The predicted octanol–water partition coefficient (Wildman–Crippen LogP) is 4.77. The van der Waals surface area contributed by atoms with Crippen molar-refractivity contribution in [1.29, 1.82) is 0 Å². The first-order chi connectivity index (χ1) is 13.3. The van der Waals surface area contributed by atoms with Gasteiger partial charge in [0.25, 0.3) is 0 Å². The Morgan fingerprint density at radius 2 is 1.93 bits per heavy atom. The molecule has 0 saturated heterocycles. The molecule has 0 amide bonds. The van der Waals surface area contributed by atoms with Gasteiger partial charge in [-0.25, -0.2) is 4.98 Å². The molecule has 27 heavy (non-hydrogen) atoms. The van der Waals surface area contributed by atoms with Crippen molar-refractivity contribution < 1.29 is 0 Å². The molecule has 0 spiro atoms. The molecule has 0 bridgehead atoms. The number of nitrogens with zero attached hydrogens (tertiary/aromatic N) is 4. The van der Waals surface area contributed by atoms with E-state index in [1.807, 2.05) is 30.6 Å². The molecule has 0 unspecified atom stereocenters. The summed E-state index contributed by atoms with van der Waals surface area (Å²) in [4.78, 5) is 16.1. The summed E-state index contributed by atoms with van der Waals surface area (Å²) in [5, 5.41) is 3.68. The van der Waals surface area contributed by atoms with Crippen LogP contribution in [0.4, 0.5) is 11.8 Å².